The van der Waals surface area contributed by atoms with Crippen molar-refractivity contribution in [3.63, 3.8) is 0 Å². The summed E-state index contributed by atoms with van der Waals surface area (Å²) in [5.41, 5.74) is -0.605. The molecule has 21 heavy (non-hydrogen) atoms. The Balaban J connectivity index is 2.47. The van der Waals surface area contributed by atoms with Crippen LogP contribution in [0.5, 0.6) is 0 Å². The zero-order valence-electron chi connectivity index (χ0n) is 14.0. The number of nitrogens with one attached hydrogen (secondary N) is 1. The van der Waals surface area contributed by atoms with Crippen LogP contribution < -0.4 is 5.32 Å². The predicted molar refractivity (Wildman–Crippen MR) is 83.2 cm³/mol. The van der Waals surface area contributed by atoms with Gasteiger partial charge < -0.3 is 15.3 Å². The third-order valence-electron chi connectivity index (χ3n) is 4.93. The maximum absolute atomic E-state index is 12.2. The standard InChI is InChI=1S/C16H30N2O3/c1-6-16(5,13(19)20)11-17-14(21)18-9-7-12(8-10-18)15(2,3)4/h12H,6-11H2,1-5H3,(H,17,21)(H,19,20). The molecule has 0 aliphatic carbocycles. The second-order valence-corrected chi connectivity index (χ2v) is 7.51. The van der Waals surface area contributed by atoms with Crippen LogP contribution in [0.2, 0.25) is 0 Å². The fraction of sp³-hybridized carbons (Fsp3) is 0.875. The molecule has 0 radical (unpaired) electrons. The maximum Gasteiger partial charge on any atom is 0.317 e. The molecule has 2 amide bonds. The lowest BCUT2D eigenvalue weighted by molar-refractivity contribution is -0.147. The molecule has 0 aromatic rings. The Morgan fingerprint density at radius 3 is 2.10 bits per heavy atom. The molecule has 1 aliphatic rings. The van der Waals surface area contributed by atoms with Crippen molar-refractivity contribution in [1.82, 2.24) is 10.2 Å². The van der Waals surface area contributed by atoms with Gasteiger partial charge in [0.25, 0.3) is 0 Å². The number of rotatable bonds is 4. The van der Waals surface area contributed by atoms with E-state index in [-0.39, 0.29) is 18.0 Å². The minimum Gasteiger partial charge on any atom is -0.481 e. The Morgan fingerprint density at radius 2 is 1.71 bits per heavy atom. The van der Waals surface area contributed by atoms with E-state index in [0.717, 1.165) is 25.9 Å². The van der Waals surface area contributed by atoms with Crippen molar-refractivity contribution in [2.45, 2.75) is 53.9 Å². The van der Waals surface area contributed by atoms with E-state index in [0.29, 0.717) is 12.3 Å². The minimum atomic E-state index is -0.889. The minimum absolute atomic E-state index is 0.136. The largest absolute Gasteiger partial charge is 0.481 e. The van der Waals surface area contributed by atoms with Gasteiger partial charge in [-0.25, -0.2) is 4.79 Å². The normalized spacial score (nSPS) is 20.0. The molecule has 1 atom stereocenters. The highest BCUT2D eigenvalue weighted by Gasteiger charge is 2.33. The summed E-state index contributed by atoms with van der Waals surface area (Å²) in [6.45, 7) is 11.9. The number of hydrogen-bond donors (Lipinski definition) is 2. The Kier molecular flexibility index (Phi) is 5.65. The number of carbonyl (C=O) groups is 2. The van der Waals surface area contributed by atoms with Crippen LogP contribution in [0.25, 0.3) is 0 Å². The average molecular weight is 298 g/mol. The summed E-state index contributed by atoms with van der Waals surface area (Å²) in [6, 6.07) is -0.136. The van der Waals surface area contributed by atoms with Gasteiger partial charge in [-0.2, -0.15) is 0 Å². The van der Waals surface area contributed by atoms with Crippen molar-refractivity contribution in [2.75, 3.05) is 19.6 Å². The van der Waals surface area contributed by atoms with Crippen molar-refractivity contribution in [3.05, 3.63) is 0 Å². The lowest BCUT2D eigenvalue weighted by atomic mass is 9.75. The Hall–Kier alpha value is -1.26. The molecule has 1 saturated heterocycles. The van der Waals surface area contributed by atoms with Gasteiger partial charge in [0.2, 0.25) is 0 Å². The molecule has 0 bridgehead atoms. The molecule has 122 valence electrons. The number of nitrogens with zero attached hydrogens (tertiary/aromatic N) is 1. The SMILES string of the molecule is CCC(C)(CNC(=O)N1CCC(C(C)(C)C)CC1)C(=O)O. The third-order valence-corrected chi connectivity index (χ3v) is 4.93. The smallest absolute Gasteiger partial charge is 0.317 e. The van der Waals surface area contributed by atoms with Crippen molar-refractivity contribution in [2.24, 2.45) is 16.7 Å². The van der Waals surface area contributed by atoms with Gasteiger partial charge in [-0.1, -0.05) is 27.7 Å². The first kappa shape index (κ1) is 17.8. The fourth-order valence-electron chi connectivity index (χ4n) is 2.68. The molecule has 1 aliphatic heterocycles. The number of carboxylic acid groups (broad SMARTS) is 1. The zero-order chi connectivity index (χ0) is 16.3. The molecule has 5 heteroatoms. The summed E-state index contributed by atoms with van der Waals surface area (Å²) < 4.78 is 0. The van der Waals surface area contributed by atoms with Gasteiger partial charge >= 0.3 is 12.0 Å². The zero-order valence-corrected chi connectivity index (χ0v) is 14.0. The highest BCUT2D eigenvalue weighted by Crippen LogP contribution is 2.34. The van der Waals surface area contributed by atoms with Crippen LogP contribution in [0.4, 0.5) is 4.79 Å². The quantitative estimate of drug-likeness (QED) is 0.838. The highest BCUT2D eigenvalue weighted by atomic mass is 16.4. The lowest BCUT2D eigenvalue weighted by Crippen LogP contribution is -2.49. The summed E-state index contributed by atoms with van der Waals surface area (Å²) in [5, 5.41) is 12.0. The summed E-state index contributed by atoms with van der Waals surface area (Å²) in [7, 11) is 0. The Morgan fingerprint density at radius 1 is 1.19 bits per heavy atom. The summed E-state index contributed by atoms with van der Waals surface area (Å²) in [6.07, 6.45) is 2.52. The van der Waals surface area contributed by atoms with E-state index in [2.05, 4.69) is 26.1 Å². The van der Waals surface area contributed by atoms with Gasteiger partial charge in [-0.05, 0) is 37.5 Å². The van der Waals surface area contributed by atoms with Crippen LogP contribution in [-0.2, 0) is 4.79 Å². The molecule has 1 rings (SSSR count). The first-order valence-electron chi connectivity index (χ1n) is 7.86. The van der Waals surface area contributed by atoms with E-state index < -0.39 is 11.4 Å². The number of likely N-dealkylation sites (tertiary alicyclic amines) is 1. The van der Waals surface area contributed by atoms with E-state index in [1.165, 1.54) is 0 Å². The number of piperidine rings is 1. The molecule has 0 aromatic carbocycles. The van der Waals surface area contributed by atoms with Crippen molar-refractivity contribution >= 4 is 12.0 Å². The summed E-state index contributed by atoms with van der Waals surface area (Å²) in [4.78, 5) is 25.2. The molecule has 5 nitrogen and oxygen atoms in total. The number of carboxylic acids is 1. The maximum atomic E-state index is 12.2. The van der Waals surface area contributed by atoms with E-state index in [4.69, 9.17) is 0 Å². The fourth-order valence-corrected chi connectivity index (χ4v) is 2.68. The van der Waals surface area contributed by atoms with Crippen LogP contribution in [0, 0.1) is 16.7 Å². The molecule has 2 N–H and O–H groups in total. The van der Waals surface area contributed by atoms with Gasteiger partial charge in [0.1, 0.15) is 0 Å². The van der Waals surface area contributed by atoms with Crippen LogP contribution >= 0.6 is 0 Å². The van der Waals surface area contributed by atoms with Gasteiger partial charge in [0.15, 0.2) is 0 Å². The highest BCUT2D eigenvalue weighted by molar-refractivity contribution is 5.77. The second-order valence-electron chi connectivity index (χ2n) is 7.51. The predicted octanol–water partition coefficient (Wildman–Crippen LogP) is 2.96. The van der Waals surface area contributed by atoms with Crippen LogP contribution in [0.3, 0.4) is 0 Å². The lowest BCUT2D eigenvalue weighted by Gasteiger charge is -2.39. The first-order valence-corrected chi connectivity index (χ1v) is 7.86. The van der Waals surface area contributed by atoms with Crippen LogP contribution in [0.15, 0.2) is 0 Å². The molecule has 1 heterocycles. The number of amides is 2. The Labute approximate surface area is 128 Å². The first-order chi connectivity index (χ1) is 9.60. The third kappa shape index (κ3) is 4.61. The van der Waals surface area contributed by atoms with Gasteiger partial charge in [0, 0.05) is 19.6 Å². The topological polar surface area (TPSA) is 69.6 Å². The average Bonchev–Trinajstić information content (AvgIpc) is 2.43. The van der Waals surface area contributed by atoms with E-state index in [1.54, 1.807) is 11.8 Å². The van der Waals surface area contributed by atoms with Crippen molar-refractivity contribution < 1.29 is 14.7 Å². The Bertz CT molecular complexity index is 381. The molecular formula is C16H30N2O3. The molecule has 0 spiro atoms. The number of hydrogen-bond acceptors (Lipinski definition) is 2. The van der Waals surface area contributed by atoms with E-state index >= 15 is 0 Å². The molecule has 1 fully saturated rings. The van der Waals surface area contributed by atoms with E-state index in [9.17, 15) is 14.7 Å². The van der Waals surface area contributed by atoms with Crippen molar-refractivity contribution in [3.8, 4) is 0 Å². The van der Waals surface area contributed by atoms with Crippen LogP contribution in [0.1, 0.15) is 53.9 Å². The van der Waals surface area contributed by atoms with Gasteiger partial charge in [-0.3, -0.25) is 4.79 Å². The molecule has 1 unspecified atom stereocenters. The van der Waals surface area contributed by atoms with Gasteiger partial charge in [0.05, 0.1) is 5.41 Å². The number of carbonyl (C=O) groups excluding carboxylic acids is 1. The van der Waals surface area contributed by atoms with E-state index in [1.807, 2.05) is 6.92 Å². The summed E-state index contributed by atoms with van der Waals surface area (Å²) >= 11 is 0. The number of aliphatic carboxylic acids is 1. The van der Waals surface area contributed by atoms with Crippen molar-refractivity contribution in [1.29, 1.82) is 0 Å². The van der Waals surface area contributed by atoms with Crippen LogP contribution in [-0.4, -0.2) is 41.6 Å². The number of urea groups is 1. The monoisotopic (exact) mass is 298 g/mol. The van der Waals surface area contributed by atoms with Gasteiger partial charge in [-0.15, -0.1) is 0 Å². The molecule has 0 saturated carbocycles. The second kappa shape index (κ2) is 6.67. The summed E-state index contributed by atoms with van der Waals surface area (Å²) in [5.74, 6) is -0.224. The molecule has 0 aromatic heterocycles. The molecular weight excluding hydrogens is 268 g/mol.